The Bertz CT molecular complexity index is 2700. The van der Waals surface area contributed by atoms with E-state index in [1.54, 1.807) is 58.4 Å². The summed E-state index contributed by atoms with van der Waals surface area (Å²) in [6.07, 6.45) is 11.4. The van der Waals surface area contributed by atoms with Gasteiger partial charge in [0.05, 0.1) is 53.1 Å². The van der Waals surface area contributed by atoms with Crippen LogP contribution in [0.15, 0.2) is 42.0 Å². The van der Waals surface area contributed by atoms with Crippen molar-refractivity contribution in [2.45, 2.75) is 97.3 Å². The molecule has 0 saturated carbocycles. The van der Waals surface area contributed by atoms with E-state index in [2.05, 4.69) is 65.1 Å². The van der Waals surface area contributed by atoms with Crippen LogP contribution >= 0.6 is 15.9 Å². The number of phenols is 1. The van der Waals surface area contributed by atoms with E-state index >= 15 is 0 Å². The number of methoxy groups -OCH3 is 4. The number of nitriles is 2. The third-order valence-electron chi connectivity index (χ3n) is 10.9. The Kier molecular flexibility index (Phi) is 41.9. The molecular weight excluding hydrogens is 1120 g/mol. The number of terminal acetylenes is 2. The van der Waals surface area contributed by atoms with Gasteiger partial charge in [-0.15, -0.1) is 12.8 Å². The summed E-state index contributed by atoms with van der Waals surface area (Å²) in [6.45, 7) is 20.9. The van der Waals surface area contributed by atoms with Crippen LogP contribution in [-0.4, -0.2) is 140 Å². The van der Waals surface area contributed by atoms with Gasteiger partial charge in [-0.25, -0.2) is 4.79 Å². The van der Waals surface area contributed by atoms with Crippen molar-refractivity contribution in [3.8, 4) is 71.3 Å². The number of aromatic hydroxyl groups is 1. The number of esters is 2. The van der Waals surface area contributed by atoms with Crippen LogP contribution in [0.25, 0.3) is 5.57 Å². The zero-order valence-corrected chi connectivity index (χ0v) is 56.6. The van der Waals surface area contributed by atoms with Crippen molar-refractivity contribution in [2.75, 3.05) is 53.6 Å². The zero-order valence-electron chi connectivity index (χ0n) is 46.7. The van der Waals surface area contributed by atoms with Crippen LogP contribution in [0.1, 0.15) is 124 Å². The largest absolute Gasteiger partial charge is 1.00 e. The smallest absolute Gasteiger partial charge is 0.662 e. The number of carbonyl (C=O) groups is 5. The Labute approximate surface area is 568 Å². The van der Waals surface area contributed by atoms with Crippen molar-refractivity contribution in [3.05, 3.63) is 81.9 Å². The fourth-order valence-electron chi connectivity index (χ4n) is 7.71. The number of hydrogen-bond donors (Lipinski definition) is 1. The first-order valence-corrected chi connectivity index (χ1v) is 23.4. The van der Waals surface area contributed by atoms with Crippen molar-refractivity contribution in [3.63, 3.8) is 0 Å². The molecule has 22 heteroatoms. The monoisotopic (exact) mass is 1180 g/mol. The summed E-state index contributed by atoms with van der Waals surface area (Å²) in [7, 11) is 6.19. The minimum Gasteiger partial charge on any atom is -0.662 e. The quantitative estimate of drug-likeness (QED) is 0.0273. The van der Waals surface area contributed by atoms with Gasteiger partial charge in [-0.2, -0.15) is 10.5 Å². The van der Waals surface area contributed by atoms with Crippen LogP contribution in [0.2, 0.25) is 0 Å². The Balaban J connectivity index is -0.000000450. The van der Waals surface area contributed by atoms with E-state index in [1.807, 2.05) is 32.0 Å². The number of hydrogen-bond acceptors (Lipinski definition) is 18. The van der Waals surface area contributed by atoms with Crippen LogP contribution in [0.5, 0.6) is 34.5 Å². The molecule has 6 rings (SSSR count). The fourth-order valence-corrected chi connectivity index (χ4v) is 7.71. The first-order chi connectivity index (χ1) is 35.0. The molecule has 0 saturated heterocycles. The minimum absolute atomic E-state index is 0. The van der Waals surface area contributed by atoms with Gasteiger partial charge < -0.3 is 60.2 Å². The molecule has 77 heavy (non-hydrogen) atoms. The number of ketones is 2. The maximum Gasteiger partial charge on any atom is 1.00 e. The number of halogens is 1. The molecule has 3 aliphatic rings. The van der Waals surface area contributed by atoms with Gasteiger partial charge in [0.25, 0.3) is 6.47 Å². The van der Waals surface area contributed by atoms with Crippen LogP contribution in [0.4, 0.5) is 0 Å². The number of allylic oxidation sites excluding steroid dienone is 1. The first-order valence-electron chi connectivity index (χ1n) is 22.3. The summed E-state index contributed by atoms with van der Waals surface area (Å²) in [5, 5.41) is 42.4. The molecule has 0 aromatic heterocycles. The second-order valence-corrected chi connectivity index (χ2v) is 17.8. The van der Waals surface area contributed by atoms with Gasteiger partial charge in [0.1, 0.15) is 24.7 Å². The normalized spacial score (nSPS) is 13.6. The molecule has 1 N–H and O–H groups in total. The summed E-state index contributed by atoms with van der Waals surface area (Å²) in [5.74, 6) is 6.84. The number of Topliss-reactive ketones (excluding diaryl/α,β-unsaturated/α-hetero) is 2. The topological polar surface area (TPSA) is 274 Å². The predicted octanol–water partition coefficient (Wildman–Crippen LogP) is 1.70. The van der Waals surface area contributed by atoms with E-state index in [4.69, 9.17) is 68.4 Å². The molecule has 3 aliphatic carbocycles. The summed E-state index contributed by atoms with van der Waals surface area (Å²) in [5.41, 5.74) is 5.34. The maximum absolute atomic E-state index is 12.2. The summed E-state index contributed by atoms with van der Waals surface area (Å²) >= 11 is 3.01. The van der Waals surface area contributed by atoms with Crippen LogP contribution in [0, 0.1) is 59.2 Å². The van der Waals surface area contributed by atoms with Gasteiger partial charge in [-0.1, -0.05) is 69.3 Å². The standard InChI is InChI=1S/C20H21NO4.C13H16O3.C12H14O3.C5H7NO2.C3H3Br.CN.CH2O3.2K.Na/c1-6-8-25-18-10-16-13(9-17(18)23-5)14(11-20(16,3)4)15(12-21)19(22)24-7-2;1-13(2)7-10(14)8-5-11(15-3)12(16-4)6-9(8)13;1-12(2)6-10(14)7-4-11(15-3)9(13)5-8(7)12;1-2-8-5(7)3-4-6;1-2-3-4;1-2;2-1-4-3;;;/h1,9-10H,7-8,11H2,2-5H3;5-6H,7H2,1-4H3;4-5,13H,6H2,1-3H3;2-3H2,1H3;1H,3H2;;1,3H;;;/q;;;;;-1;;;2*+1/p-1/b15-14+;;;;;;;;;. The molecule has 0 fully saturated rings. The van der Waals surface area contributed by atoms with Gasteiger partial charge in [0.15, 0.2) is 46.1 Å². The van der Waals surface area contributed by atoms with Gasteiger partial charge in [0.2, 0.25) is 0 Å². The molecule has 0 amide bonds. The molecule has 0 spiro atoms. The fraction of sp³-hybridized carbons (Fsp3) is 0.418. The number of phenolic OH excluding ortho intramolecular Hbond substituents is 1. The maximum atomic E-state index is 12.2. The third kappa shape index (κ3) is 23.9. The number of ether oxygens (including phenoxy) is 7. The average Bonchev–Trinajstić information content (AvgIpc) is 3.87. The van der Waals surface area contributed by atoms with Crippen molar-refractivity contribution >= 4 is 103 Å². The molecule has 3 aromatic carbocycles. The Hall–Kier alpha value is -3.75. The van der Waals surface area contributed by atoms with Gasteiger partial charge >= 0.3 is 92.9 Å². The molecule has 0 atom stereocenters. The molecule has 397 valence electrons. The Morgan fingerprint density at radius 3 is 1.52 bits per heavy atom. The molecule has 1 radical (unpaired) electrons. The second kappa shape index (κ2) is 40.4. The third-order valence-corrected chi connectivity index (χ3v) is 11.3. The minimum atomic E-state index is -0.602. The number of rotatable bonds is 11. The number of fused-ring (bicyclic) bond motifs is 3. The average molecular weight is 1190 g/mol. The Morgan fingerprint density at radius 2 is 1.12 bits per heavy atom. The molecular formula is C55H62BrK2N3NaO15. The van der Waals surface area contributed by atoms with Crippen molar-refractivity contribution in [2.24, 2.45) is 0 Å². The van der Waals surface area contributed by atoms with Crippen LogP contribution < -0.4 is 110 Å². The van der Waals surface area contributed by atoms with E-state index in [9.17, 15) is 29.5 Å². The molecule has 3 aromatic rings. The van der Waals surface area contributed by atoms with E-state index in [1.165, 1.54) is 14.2 Å². The van der Waals surface area contributed by atoms with Gasteiger partial charge in [-0.3, -0.25) is 19.2 Å². The van der Waals surface area contributed by atoms with Crippen molar-refractivity contribution < 1.29 is 153 Å². The molecule has 0 heterocycles. The number of nitrogens with zero attached hydrogens (tertiary/aromatic N) is 3. The Morgan fingerprint density at radius 1 is 0.727 bits per heavy atom. The molecule has 0 unspecified atom stereocenters. The van der Waals surface area contributed by atoms with Crippen molar-refractivity contribution in [1.82, 2.24) is 0 Å². The molecule has 0 aliphatic heterocycles. The van der Waals surface area contributed by atoms with E-state index < -0.39 is 11.9 Å². The zero-order chi connectivity index (χ0) is 57.0. The number of alkyl halides is 1. The second-order valence-electron chi connectivity index (χ2n) is 17.2. The molecule has 18 nitrogen and oxygen atoms in total. The van der Waals surface area contributed by atoms with Gasteiger partial charge in [0, 0.05) is 75.4 Å². The van der Waals surface area contributed by atoms with E-state index in [0.717, 1.165) is 27.8 Å². The predicted molar refractivity (Wildman–Crippen MR) is 280 cm³/mol. The van der Waals surface area contributed by atoms with Crippen molar-refractivity contribution in [1.29, 1.82) is 15.8 Å². The first kappa shape index (κ1) is 79.7. The van der Waals surface area contributed by atoms with E-state index in [-0.39, 0.29) is 198 Å². The SMILES string of the molecule is C#CCBr.C#CCOc1cc2c(cc1OC)/C(=C(\C#N)C(=O)OCC)CC2(C)C.CCOC(=O)CC#N.COc1cc2c(cc1O)C(C)(C)CC2=O.COc1cc2c(cc1OC)C(C)(C)CC2=O.O=CO[O-].[C-]#N.[K+].[K].[Na+]. The molecule has 0 bridgehead atoms. The number of benzene rings is 3. The number of carbonyl (C=O) groups excluding carboxylic acids is 5. The van der Waals surface area contributed by atoms with Crippen LogP contribution in [-0.2, 0) is 45.0 Å². The van der Waals surface area contributed by atoms with E-state index in [0.29, 0.717) is 71.1 Å². The van der Waals surface area contributed by atoms with Gasteiger partial charge in [-0.05, 0) is 101 Å². The summed E-state index contributed by atoms with van der Waals surface area (Å²) in [6, 6.07) is 14.3. The summed E-state index contributed by atoms with van der Waals surface area (Å²) in [4.78, 5) is 57.2. The van der Waals surface area contributed by atoms with Crippen LogP contribution in [0.3, 0.4) is 0 Å². The summed E-state index contributed by atoms with van der Waals surface area (Å²) < 4.78 is 35.8.